The van der Waals surface area contributed by atoms with E-state index >= 15 is 0 Å². The zero-order valence-electron chi connectivity index (χ0n) is 12.7. The summed E-state index contributed by atoms with van der Waals surface area (Å²) in [6.45, 7) is 2.44. The summed E-state index contributed by atoms with van der Waals surface area (Å²) in [6.07, 6.45) is 6.84. The van der Waals surface area contributed by atoms with E-state index in [1.54, 1.807) is 18.2 Å². The van der Waals surface area contributed by atoms with Gasteiger partial charge in [-0.2, -0.15) is 0 Å². The molecule has 0 spiro atoms. The number of carbonyl (C=O) groups excluding carboxylic acids is 1. The second-order valence-corrected chi connectivity index (χ2v) is 5.36. The van der Waals surface area contributed by atoms with Crippen LogP contribution in [-0.4, -0.2) is 36.2 Å². The smallest absolute Gasteiger partial charge is 0.276 e. The molecular weight excluding hydrogens is 336 g/mol. The van der Waals surface area contributed by atoms with Crippen LogP contribution in [0.4, 0.5) is 0 Å². The van der Waals surface area contributed by atoms with Gasteiger partial charge in [0.15, 0.2) is 16.6 Å². The molecule has 0 unspecified atom stereocenters. The van der Waals surface area contributed by atoms with Gasteiger partial charge in [0.05, 0.1) is 12.1 Å². The summed E-state index contributed by atoms with van der Waals surface area (Å²) in [5, 5.41) is 3.61. The topological polar surface area (TPSA) is 50.8 Å². The number of terminal acetylenes is 1. The predicted molar refractivity (Wildman–Crippen MR) is 93.4 cm³/mol. The van der Waals surface area contributed by atoms with Crippen molar-refractivity contribution in [2.45, 2.75) is 6.92 Å². The lowest BCUT2D eigenvalue weighted by Gasteiger charge is -2.12. The molecule has 120 valence electrons. The summed E-state index contributed by atoms with van der Waals surface area (Å²) in [5.41, 5.74) is 1.06. The fourth-order valence-corrected chi connectivity index (χ4v) is 2.70. The van der Waals surface area contributed by atoms with Crippen LogP contribution in [0.2, 0.25) is 5.02 Å². The van der Waals surface area contributed by atoms with Gasteiger partial charge < -0.3 is 14.8 Å². The van der Waals surface area contributed by atoms with Crippen molar-refractivity contribution in [1.29, 1.82) is 0 Å². The minimum atomic E-state index is -0.180. The average molecular weight is 351 g/mol. The Morgan fingerprint density at radius 3 is 2.83 bits per heavy atom. The van der Waals surface area contributed by atoms with Gasteiger partial charge in [-0.05, 0) is 42.9 Å². The first-order valence-corrected chi connectivity index (χ1v) is 7.58. The maximum absolute atomic E-state index is 12.2. The Morgan fingerprint density at radius 1 is 1.52 bits per heavy atom. The fraction of sp³-hybridized carbons (Fsp3) is 0.250. The molecule has 1 aromatic rings. The predicted octanol–water partition coefficient (Wildman–Crippen LogP) is 2.44. The lowest BCUT2D eigenvalue weighted by molar-refractivity contribution is -0.122. The number of amides is 1. The molecule has 0 aromatic heterocycles. The Morgan fingerprint density at radius 2 is 2.26 bits per heavy atom. The van der Waals surface area contributed by atoms with Gasteiger partial charge in [0, 0.05) is 6.54 Å². The standard InChI is InChI=1S/C16H15ClN2O3S/c1-4-6-22-14-11(17)7-10(9-13(14)21-3)8-12-15(20)19(5-2)16(23)18-12/h1,7-9H,5-6H2,2-3H3,(H,18,23)/b12-8-. The number of nitrogens with one attached hydrogen (secondary N) is 1. The van der Waals surface area contributed by atoms with Gasteiger partial charge >= 0.3 is 0 Å². The fourth-order valence-electron chi connectivity index (χ4n) is 2.10. The number of rotatable bonds is 5. The van der Waals surface area contributed by atoms with Crippen LogP contribution < -0.4 is 14.8 Å². The van der Waals surface area contributed by atoms with E-state index < -0.39 is 0 Å². The van der Waals surface area contributed by atoms with Gasteiger partial charge in [0.25, 0.3) is 5.91 Å². The first-order chi connectivity index (χ1) is 11.0. The van der Waals surface area contributed by atoms with Crippen molar-refractivity contribution >= 4 is 40.9 Å². The molecule has 1 aliphatic rings. The molecule has 7 heteroatoms. The summed E-state index contributed by atoms with van der Waals surface area (Å²) in [7, 11) is 1.50. The Hall–Kier alpha value is -2.23. The zero-order valence-corrected chi connectivity index (χ0v) is 14.3. The zero-order chi connectivity index (χ0) is 17.0. The molecule has 5 nitrogen and oxygen atoms in total. The van der Waals surface area contributed by atoms with Crippen LogP contribution >= 0.6 is 23.8 Å². The molecule has 1 heterocycles. The molecule has 23 heavy (non-hydrogen) atoms. The maximum Gasteiger partial charge on any atom is 0.276 e. The van der Waals surface area contributed by atoms with Gasteiger partial charge in [-0.1, -0.05) is 17.5 Å². The third-order valence-corrected chi connectivity index (χ3v) is 3.74. The SMILES string of the molecule is C#CCOc1c(Cl)cc(/C=C2\NC(=S)N(CC)C2=O)cc1OC. The first kappa shape index (κ1) is 17.1. The highest BCUT2D eigenvalue weighted by Crippen LogP contribution is 2.37. The molecule has 0 bridgehead atoms. The van der Waals surface area contributed by atoms with E-state index in [0.29, 0.717) is 39.4 Å². The Balaban J connectivity index is 2.37. The van der Waals surface area contributed by atoms with Crippen LogP contribution in [0.5, 0.6) is 11.5 Å². The van der Waals surface area contributed by atoms with E-state index in [1.807, 2.05) is 6.92 Å². The summed E-state index contributed by atoms with van der Waals surface area (Å²) in [5.74, 6) is 2.98. The van der Waals surface area contributed by atoms with Crippen molar-refractivity contribution in [1.82, 2.24) is 10.2 Å². The molecular formula is C16H15ClN2O3S. The number of hydrogen-bond donors (Lipinski definition) is 1. The molecule has 1 saturated heterocycles. The van der Waals surface area contributed by atoms with Gasteiger partial charge in [0.1, 0.15) is 12.3 Å². The molecule has 1 N–H and O–H groups in total. The van der Waals surface area contributed by atoms with Crippen molar-refractivity contribution in [2.24, 2.45) is 0 Å². The summed E-state index contributed by atoms with van der Waals surface area (Å²) < 4.78 is 10.7. The first-order valence-electron chi connectivity index (χ1n) is 6.80. The van der Waals surface area contributed by atoms with E-state index in [1.165, 1.54) is 12.0 Å². The number of halogens is 1. The largest absolute Gasteiger partial charge is 0.493 e. The van der Waals surface area contributed by atoms with Crippen LogP contribution in [-0.2, 0) is 4.79 Å². The number of likely N-dealkylation sites (N-methyl/N-ethyl adjacent to an activating group) is 1. The second kappa shape index (κ2) is 7.36. The van der Waals surface area contributed by atoms with Crippen LogP contribution in [0.25, 0.3) is 6.08 Å². The minimum Gasteiger partial charge on any atom is -0.493 e. The maximum atomic E-state index is 12.2. The number of thiocarbonyl (C=S) groups is 1. The Labute approximate surface area is 145 Å². The van der Waals surface area contributed by atoms with Crippen molar-refractivity contribution in [2.75, 3.05) is 20.3 Å². The van der Waals surface area contributed by atoms with E-state index in [2.05, 4.69) is 11.2 Å². The van der Waals surface area contributed by atoms with Crippen LogP contribution in [0.1, 0.15) is 12.5 Å². The molecule has 0 saturated carbocycles. The number of carbonyl (C=O) groups is 1. The second-order valence-electron chi connectivity index (χ2n) is 4.56. The van der Waals surface area contributed by atoms with E-state index in [0.717, 1.165) is 0 Å². The van der Waals surface area contributed by atoms with Crippen molar-refractivity contribution in [3.8, 4) is 23.8 Å². The monoisotopic (exact) mass is 350 g/mol. The molecule has 1 aliphatic heterocycles. The molecule has 0 aliphatic carbocycles. The lowest BCUT2D eigenvalue weighted by Crippen LogP contribution is -2.30. The summed E-state index contributed by atoms with van der Waals surface area (Å²) in [4.78, 5) is 13.7. The summed E-state index contributed by atoms with van der Waals surface area (Å²) >= 11 is 11.3. The Kier molecular flexibility index (Phi) is 5.48. The lowest BCUT2D eigenvalue weighted by atomic mass is 10.1. The normalized spacial score (nSPS) is 15.6. The third kappa shape index (κ3) is 3.58. The number of hydrogen-bond acceptors (Lipinski definition) is 4. The number of benzene rings is 1. The van der Waals surface area contributed by atoms with Gasteiger partial charge in [-0.15, -0.1) is 6.42 Å². The highest BCUT2D eigenvalue weighted by Gasteiger charge is 2.29. The van der Waals surface area contributed by atoms with E-state index in [-0.39, 0.29) is 12.5 Å². The molecule has 1 amide bonds. The third-order valence-electron chi connectivity index (χ3n) is 3.14. The van der Waals surface area contributed by atoms with E-state index in [4.69, 9.17) is 39.7 Å². The minimum absolute atomic E-state index is 0.0797. The Bertz CT molecular complexity index is 725. The molecule has 1 aromatic carbocycles. The quantitative estimate of drug-likeness (QED) is 0.502. The molecule has 1 fully saturated rings. The summed E-state index contributed by atoms with van der Waals surface area (Å²) in [6, 6.07) is 3.37. The number of ether oxygens (including phenoxy) is 2. The average Bonchev–Trinajstić information content (AvgIpc) is 2.79. The molecule has 2 rings (SSSR count). The van der Waals surface area contributed by atoms with Crippen LogP contribution in [0.15, 0.2) is 17.8 Å². The molecule has 0 radical (unpaired) electrons. The van der Waals surface area contributed by atoms with Crippen LogP contribution in [0.3, 0.4) is 0 Å². The highest BCUT2D eigenvalue weighted by atomic mass is 35.5. The highest BCUT2D eigenvalue weighted by molar-refractivity contribution is 7.80. The number of methoxy groups -OCH3 is 1. The number of nitrogens with zero attached hydrogens (tertiary/aromatic N) is 1. The van der Waals surface area contributed by atoms with Gasteiger partial charge in [-0.25, -0.2) is 0 Å². The van der Waals surface area contributed by atoms with Crippen molar-refractivity contribution in [3.63, 3.8) is 0 Å². The van der Waals surface area contributed by atoms with Crippen molar-refractivity contribution < 1.29 is 14.3 Å². The van der Waals surface area contributed by atoms with Crippen LogP contribution in [0, 0.1) is 12.3 Å². The van der Waals surface area contributed by atoms with Crippen molar-refractivity contribution in [3.05, 3.63) is 28.4 Å². The molecule has 0 atom stereocenters. The van der Waals surface area contributed by atoms with E-state index in [9.17, 15) is 4.79 Å². The van der Waals surface area contributed by atoms with Gasteiger partial charge in [0.2, 0.25) is 0 Å². The van der Waals surface area contributed by atoms with Gasteiger partial charge in [-0.3, -0.25) is 9.69 Å².